The number of nitrogens with one attached hydrogen (secondary N) is 1. The van der Waals surface area contributed by atoms with E-state index in [2.05, 4.69) is 21.2 Å². The number of rotatable bonds is 2. The number of fused-ring (bicyclic) bond motifs is 1. The molecule has 1 aromatic carbocycles. The molecule has 3 nitrogen and oxygen atoms in total. The first-order chi connectivity index (χ1) is 7.51. The number of carbonyl (C=O) groups is 1. The fourth-order valence-corrected chi connectivity index (χ4v) is 2.48. The quantitative estimate of drug-likeness (QED) is 0.879. The highest BCUT2D eigenvalue weighted by molar-refractivity contribution is 9.10. The lowest BCUT2D eigenvalue weighted by molar-refractivity contribution is 0.148. The molecule has 2 rings (SSSR count). The molecule has 0 aliphatic heterocycles. The van der Waals surface area contributed by atoms with E-state index in [1.807, 2.05) is 6.07 Å². The van der Waals surface area contributed by atoms with Crippen molar-refractivity contribution in [2.45, 2.75) is 18.5 Å². The maximum atomic E-state index is 14.5. The zero-order chi connectivity index (χ0) is 11.8. The monoisotopic (exact) mass is 287 g/mol. The summed E-state index contributed by atoms with van der Waals surface area (Å²) < 4.78 is 15.4. The molecule has 0 saturated heterocycles. The lowest BCUT2D eigenvalue weighted by atomic mass is 9.98. The average molecular weight is 288 g/mol. The molecule has 0 spiro atoms. The van der Waals surface area contributed by atoms with Crippen LogP contribution in [-0.2, 0) is 12.1 Å². The van der Waals surface area contributed by atoms with E-state index in [4.69, 9.17) is 5.11 Å². The van der Waals surface area contributed by atoms with Crippen LogP contribution >= 0.6 is 15.9 Å². The van der Waals surface area contributed by atoms with Crippen LogP contribution in [0.2, 0.25) is 0 Å². The highest BCUT2D eigenvalue weighted by Crippen LogP contribution is 2.40. The fourth-order valence-electron chi connectivity index (χ4n) is 2.07. The van der Waals surface area contributed by atoms with Crippen molar-refractivity contribution in [1.82, 2.24) is 5.32 Å². The molecule has 2 N–H and O–H groups in total. The van der Waals surface area contributed by atoms with Crippen LogP contribution in [0.15, 0.2) is 22.7 Å². The number of amides is 1. The largest absolute Gasteiger partial charge is 0.465 e. The van der Waals surface area contributed by atoms with Crippen LogP contribution in [-0.4, -0.2) is 17.7 Å². The van der Waals surface area contributed by atoms with Crippen molar-refractivity contribution in [3.05, 3.63) is 33.8 Å². The summed E-state index contributed by atoms with van der Waals surface area (Å²) in [4.78, 5) is 10.4. The molecule has 1 atom stereocenters. The summed E-state index contributed by atoms with van der Waals surface area (Å²) in [5.74, 6) is 0. The molecule has 0 heterocycles. The number of hydrogen-bond donors (Lipinski definition) is 2. The number of hydrogen-bond acceptors (Lipinski definition) is 1. The van der Waals surface area contributed by atoms with Gasteiger partial charge < -0.3 is 10.4 Å². The zero-order valence-corrected chi connectivity index (χ0v) is 10.1. The third kappa shape index (κ3) is 2.04. The van der Waals surface area contributed by atoms with Crippen LogP contribution in [0, 0.1) is 0 Å². The Hall–Kier alpha value is -1.10. The van der Waals surface area contributed by atoms with Gasteiger partial charge in [0.05, 0.1) is 6.54 Å². The van der Waals surface area contributed by atoms with Gasteiger partial charge in [-0.05, 0) is 36.1 Å². The van der Waals surface area contributed by atoms with E-state index in [0.717, 1.165) is 10.0 Å². The Morgan fingerprint density at radius 3 is 3.06 bits per heavy atom. The first-order valence-electron chi connectivity index (χ1n) is 4.96. The van der Waals surface area contributed by atoms with E-state index in [1.165, 1.54) is 0 Å². The summed E-state index contributed by atoms with van der Waals surface area (Å²) >= 11 is 3.33. The van der Waals surface area contributed by atoms with Crippen molar-refractivity contribution >= 4 is 22.0 Å². The molecule has 5 heteroatoms. The first kappa shape index (κ1) is 11.4. The van der Waals surface area contributed by atoms with Crippen LogP contribution in [0.3, 0.4) is 0 Å². The second-order valence-electron chi connectivity index (χ2n) is 3.93. The van der Waals surface area contributed by atoms with Gasteiger partial charge in [0.15, 0.2) is 5.67 Å². The number of aryl methyl sites for hydroxylation is 1. The Bertz CT molecular complexity index is 438. The molecule has 0 saturated carbocycles. The van der Waals surface area contributed by atoms with Crippen LogP contribution in [0.25, 0.3) is 0 Å². The summed E-state index contributed by atoms with van der Waals surface area (Å²) in [5.41, 5.74) is -0.0115. The van der Waals surface area contributed by atoms with Crippen molar-refractivity contribution in [2.24, 2.45) is 0 Å². The van der Waals surface area contributed by atoms with Gasteiger partial charge in [-0.2, -0.15) is 0 Å². The Balaban J connectivity index is 2.24. The Morgan fingerprint density at radius 1 is 1.62 bits per heavy atom. The van der Waals surface area contributed by atoms with Gasteiger partial charge in [0.1, 0.15) is 0 Å². The minimum absolute atomic E-state index is 0.184. The van der Waals surface area contributed by atoms with Crippen LogP contribution < -0.4 is 5.32 Å². The summed E-state index contributed by atoms with van der Waals surface area (Å²) in [7, 11) is 0. The molecule has 0 bridgehead atoms. The normalized spacial score (nSPS) is 22.9. The summed E-state index contributed by atoms with van der Waals surface area (Å²) in [6.45, 7) is -0.184. The third-order valence-electron chi connectivity index (χ3n) is 2.86. The maximum Gasteiger partial charge on any atom is 0.404 e. The average Bonchev–Trinajstić information content (AvgIpc) is 2.54. The lowest BCUT2D eigenvalue weighted by Crippen LogP contribution is -2.35. The second-order valence-corrected chi connectivity index (χ2v) is 4.84. The van der Waals surface area contributed by atoms with Crippen molar-refractivity contribution < 1.29 is 14.3 Å². The molecule has 0 fully saturated rings. The third-order valence-corrected chi connectivity index (χ3v) is 3.35. The summed E-state index contributed by atoms with van der Waals surface area (Å²) in [5, 5.41) is 10.6. The Labute approximate surface area is 101 Å². The molecule has 86 valence electrons. The van der Waals surface area contributed by atoms with E-state index in [1.54, 1.807) is 12.1 Å². The molecular weight excluding hydrogens is 277 g/mol. The number of alkyl halides is 1. The highest BCUT2D eigenvalue weighted by Gasteiger charge is 2.39. The van der Waals surface area contributed by atoms with Gasteiger partial charge in [-0.3, -0.25) is 0 Å². The number of benzene rings is 1. The number of carboxylic acid groups (broad SMARTS) is 1. The topological polar surface area (TPSA) is 49.3 Å². The second kappa shape index (κ2) is 4.05. The minimum atomic E-state index is -1.56. The van der Waals surface area contributed by atoms with Crippen LogP contribution in [0.5, 0.6) is 0 Å². The Morgan fingerprint density at radius 2 is 2.38 bits per heavy atom. The van der Waals surface area contributed by atoms with E-state index in [9.17, 15) is 9.18 Å². The zero-order valence-electron chi connectivity index (χ0n) is 8.46. The molecule has 1 amide bonds. The van der Waals surface area contributed by atoms with Crippen molar-refractivity contribution in [3.8, 4) is 0 Å². The van der Waals surface area contributed by atoms with Gasteiger partial charge in [0.25, 0.3) is 0 Å². The molecule has 1 unspecified atom stereocenters. The van der Waals surface area contributed by atoms with Crippen molar-refractivity contribution in [2.75, 3.05) is 6.54 Å². The predicted octanol–water partition coefficient (Wildman–Crippen LogP) is 2.83. The summed E-state index contributed by atoms with van der Waals surface area (Å²) in [6.07, 6.45) is -0.214. The maximum absolute atomic E-state index is 14.5. The minimum Gasteiger partial charge on any atom is -0.465 e. The van der Waals surface area contributed by atoms with E-state index >= 15 is 0 Å². The highest BCUT2D eigenvalue weighted by atomic mass is 79.9. The molecule has 0 radical (unpaired) electrons. The predicted molar refractivity (Wildman–Crippen MR) is 61.3 cm³/mol. The van der Waals surface area contributed by atoms with E-state index in [-0.39, 0.29) is 6.54 Å². The van der Waals surface area contributed by atoms with Gasteiger partial charge in [0.2, 0.25) is 0 Å². The molecule has 1 aliphatic rings. The van der Waals surface area contributed by atoms with Crippen LogP contribution in [0.4, 0.5) is 9.18 Å². The Kier molecular flexibility index (Phi) is 2.88. The molecule has 1 aliphatic carbocycles. The van der Waals surface area contributed by atoms with Gasteiger partial charge >= 0.3 is 6.09 Å². The molecular formula is C11H11BrFNO2. The number of halogens is 2. The lowest BCUT2D eigenvalue weighted by Gasteiger charge is -2.20. The summed E-state index contributed by atoms with van der Waals surface area (Å²) in [6, 6.07) is 5.38. The van der Waals surface area contributed by atoms with Gasteiger partial charge in [-0.25, -0.2) is 9.18 Å². The smallest absolute Gasteiger partial charge is 0.404 e. The van der Waals surface area contributed by atoms with Gasteiger partial charge in [-0.1, -0.05) is 22.0 Å². The molecule has 1 aromatic rings. The SMILES string of the molecule is O=C(O)NCC1(F)CCc2cc(Br)ccc21. The van der Waals surface area contributed by atoms with Gasteiger partial charge in [0, 0.05) is 4.47 Å². The first-order valence-corrected chi connectivity index (χ1v) is 5.75. The van der Waals surface area contributed by atoms with Crippen LogP contribution in [0.1, 0.15) is 17.5 Å². The van der Waals surface area contributed by atoms with Crippen molar-refractivity contribution in [3.63, 3.8) is 0 Å². The molecule has 0 aromatic heterocycles. The van der Waals surface area contributed by atoms with E-state index < -0.39 is 11.8 Å². The van der Waals surface area contributed by atoms with E-state index in [0.29, 0.717) is 18.4 Å². The van der Waals surface area contributed by atoms with Gasteiger partial charge in [-0.15, -0.1) is 0 Å². The fraction of sp³-hybridized carbons (Fsp3) is 0.364. The molecule has 16 heavy (non-hydrogen) atoms. The standard InChI is InChI=1S/C11H11BrFNO2/c12-8-1-2-9-7(5-8)3-4-11(9,13)6-14-10(15)16/h1-2,5,14H,3-4,6H2,(H,15,16). The van der Waals surface area contributed by atoms with Crippen molar-refractivity contribution in [1.29, 1.82) is 0 Å².